The monoisotopic (exact) mass is 230 g/mol. The normalized spacial score (nSPS) is 17.1. The van der Waals surface area contributed by atoms with E-state index in [1.165, 1.54) is 0 Å². The lowest BCUT2D eigenvalue weighted by Crippen LogP contribution is -2.20. The van der Waals surface area contributed by atoms with E-state index in [2.05, 4.69) is 4.98 Å². The second-order valence-electron chi connectivity index (χ2n) is 4.62. The number of nitrogens with zero attached hydrogens (tertiary/aromatic N) is 1. The van der Waals surface area contributed by atoms with Gasteiger partial charge in [0.25, 0.3) is 0 Å². The van der Waals surface area contributed by atoms with E-state index in [1.54, 1.807) is 10.8 Å². The number of hydrogen-bond acceptors (Lipinski definition) is 2. The van der Waals surface area contributed by atoms with Crippen LogP contribution >= 0.6 is 0 Å². The molecular formula is C13H14N2O2. The lowest BCUT2D eigenvalue weighted by atomic mass is 10.1. The van der Waals surface area contributed by atoms with Crippen molar-refractivity contribution >= 4 is 0 Å². The molecule has 1 aromatic heterocycles. The molecule has 1 aromatic carbocycles. The average Bonchev–Trinajstić information content (AvgIpc) is 2.98. The molecule has 0 atom stereocenters. The lowest BCUT2D eigenvalue weighted by Gasteiger charge is -2.15. The number of rotatable bonds is 2. The number of aromatic amines is 1. The van der Waals surface area contributed by atoms with Crippen LogP contribution in [0, 0.1) is 6.92 Å². The summed E-state index contributed by atoms with van der Waals surface area (Å²) >= 11 is 0. The van der Waals surface area contributed by atoms with Gasteiger partial charge in [0.1, 0.15) is 0 Å². The highest BCUT2D eigenvalue weighted by molar-refractivity contribution is 5.47. The van der Waals surface area contributed by atoms with Gasteiger partial charge in [-0.05, 0) is 25.8 Å². The number of imidazole rings is 1. The van der Waals surface area contributed by atoms with Crippen LogP contribution in [0.2, 0.25) is 0 Å². The van der Waals surface area contributed by atoms with Gasteiger partial charge in [-0.15, -0.1) is 0 Å². The van der Waals surface area contributed by atoms with Gasteiger partial charge in [-0.25, -0.2) is 4.79 Å². The molecule has 1 aliphatic rings. The highest BCUT2D eigenvalue weighted by Crippen LogP contribution is 2.47. The van der Waals surface area contributed by atoms with Crippen molar-refractivity contribution in [2.24, 2.45) is 0 Å². The second-order valence-corrected chi connectivity index (χ2v) is 4.62. The zero-order chi connectivity index (χ0) is 12.0. The summed E-state index contributed by atoms with van der Waals surface area (Å²) in [6.07, 6.45) is 3.21. The molecule has 3 rings (SSSR count). The Morgan fingerprint density at radius 1 is 1.35 bits per heavy atom. The summed E-state index contributed by atoms with van der Waals surface area (Å²) in [6.45, 7) is 1.87. The number of aryl methyl sites for hydroxylation is 1. The molecule has 2 aromatic rings. The molecule has 0 unspecified atom stereocenters. The Balaban J connectivity index is 2.25. The van der Waals surface area contributed by atoms with Gasteiger partial charge >= 0.3 is 5.69 Å². The van der Waals surface area contributed by atoms with Gasteiger partial charge in [0.2, 0.25) is 0 Å². The minimum atomic E-state index is -0.736. The SMILES string of the molecule is Cc1c[nH]c(=O)n1-c1ccccc1C1(O)CC1. The molecule has 1 aliphatic carbocycles. The highest BCUT2D eigenvalue weighted by Gasteiger charge is 2.44. The number of nitrogens with one attached hydrogen (secondary N) is 1. The molecule has 1 fully saturated rings. The first kappa shape index (κ1) is 10.4. The minimum absolute atomic E-state index is 0.167. The maximum absolute atomic E-state index is 11.8. The summed E-state index contributed by atoms with van der Waals surface area (Å²) in [5, 5.41) is 10.2. The van der Waals surface area contributed by atoms with Gasteiger partial charge in [0, 0.05) is 17.5 Å². The van der Waals surface area contributed by atoms with Gasteiger partial charge in [-0.3, -0.25) is 4.57 Å². The Hall–Kier alpha value is -1.81. The molecule has 4 nitrogen and oxygen atoms in total. The fourth-order valence-electron chi connectivity index (χ4n) is 2.20. The Bertz CT molecular complexity index is 620. The number of aliphatic hydroxyl groups is 1. The predicted octanol–water partition coefficient (Wildman–Crippen LogP) is 1.46. The van der Waals surface area contributed by atoms with Crippen molar-refractivity contribution in [1.29, 1.82) is 0 Å². The first-order valence-corrected chi connectivity index (χ1v) is 5.71. The van der Waals surface area contributed by atoms with Crippen LogP contribution in [-0.4, -0.2) is 14.7 Å². The lowest BCUT2D eigenvalue weighted by molar-refractivity contribution is 0.151. The number of benzene rings is 1. The first-order valence-electron chi connectivity index (χ1n) is 5.71. The quantitative estimate of drug-likeness (QED) is 0.820. The fraction of sp³-hybridized carbons (Fsp3) is 0.308. The van der Waals surface area contributed by atoms with Crippen molar-refractivity contribution in [3.8, 4) is 5.69 Å². The molecule has 0 aliphatic heterocycles. The molecule has 1 saturated carbocycles. The van der Waals surface area contributed by atoms with Gasteiger partial charge in [-0.2, -0.15) is 0 Å². The molecule has 0 spiro atoms. The maximum Gasteiger partial charge on any atom is 0.330 e. The Kier molecular flexibility index (Phi) is 2.03. The number of aromatic nitrogens is 2. The summed E-state index contributed by atoms with van der Waals surface area (Å²) in [5.74, 6) is 0. The summed E-state index contributed by atoms with van der Waals surface area (Å²) in [4.78, 5) is 14.4. The smallest absolute Gasteiger partial charge is 0.330 e. The topological polar surface area (TPSA) is 58.0 Å². The molecule has 4 heteroatoms. The van der Waals surface area contributed by atoms with E-state index in [0.717, 1.165) is 29.8 Å². The molecule has 0 bridgehead atoms. The zero-order valence-corrected chi connectivity index (χ0v) is 9.60. The third-order valence-corrected chi connectivity index (χ3v) is 3.33. The van der Waals surface area contributed by atoms with E-state index >= 15 is 0 Å². The van der Waals surface area contributed by atoms with Crippen LogP contribution in [0.1, 0.15) is 24.1 Å². The summed E-state index contributed by atoms with van der Waals surface area (Å²) in [6, 6.07) is 7.53. The fourth-order valence-corrected chi connectivity index (χ4v) is 2.20. The van der Waals surface area contributed by atoms with Crippen molar-refractivity contribution in [2.45, 2.75) is 25.4 Å². The third kappa shape index (κ3) is 1.52. The number of hydrogen-bond donors (Lipinski definition) is 2. The van der Waals surface area contributed by atoms with E-state index in [9.17, 15) is 9.90 Å². The molecule has 2 N–H and O–H groups in total. The third-order valence-electron chi connectivity index (χ3n) is 3.33. The van der Waals surface area contributed by atoms with Crippen molar-refractivity contribution in [2.75, 3.05) is 0 Å². The van der Waals surface area contributed by atoms with Gasteiger partial charge in [0.05, 0.1) is 11.3 Å². The highest BCUT2D eigenvalue weighted by atomic mass is 16.3. The van der Waals surface area contributed by atoms with Gasteiger partial charge in [0.15, 0.2) is 0 Å². The van der Waals surface area contributed by atoms with E-state index in [0.29, 0.717) is 0 Å². The predicted molar refractivity (Wildman–Crippen MR) is 64.3 cm³/mol. The average molecular weight is 230 g/mol. The minimum Gasteiger partial charge on any atom is -0.385 e. The van der Waals surface area contributed by atoms with Gasteiger partial charge < -0.3 is 10.1 Å². The van der Waals surface area contributed by atoms with E-state index in [4.69, 9.17) is 0 Å². The first-order chi connectivity index (χ1) is 8.12. The summed E-state index contributed by atoms with van der Waals surface area (Å²) in [7, 11) is 0. The van der Waals surface area contributed by atoms with Crippen LogP contribution in [0.5, 0.6) is 0 Å². The van der Waals surface area contributed by atoms with Gasteiger partial charge in [-0.1, -0.05) is 18.2 Å². The number of H-pyrrole nitrogens is 1. The van der Waals surface area contributed by atoms with Crippen molar-refractivity contribution in [1.82, 2.24) is 9.55 Å². The van der Waals surface area contributed by atoms with E-state index in [1.807, 2.05) is 31.2 Å². The van der Waals surface area contributed by atoms with Crippen LogP contribution < -0.4 is 5.69 Å². The van der Waals surface area contributed by atoms with Crippen molar-refractivity contribution in [3.63, 3.8) is 0 Å². The molecular weight excluding hydrogens is 216 g/mol. The van der Waals surface area contributed by atoms with E-state index in [-0.39, 0.29) is 5.69 Å². The van der Waals surface area contributed by atoms with Crippen LogP contribution in [0.3, 0.4) is 0 Å². The number of para-hydroxylation sites is 1. The molecule has 0 radical (unpaired) electrons. The van der Waals surface area contributed by atoms with Crippen molar-refractivity contribution in [3.05, 3.63) is 52.2 Å². The Morgan fingerprint density at radius 3 is 2.65 bits per heavy atom. The Morgan fingerprint density at radius 2 is 2.06 bits per heavy atom. The Labute approximate surface area is 98.5 Å². The molecule has 17 heavy (non-hydrogen) atoms. The van der Waals surface area contributed by atoms with Crippen LogP contribution in [0.25, 0.3) is 5.69 Å². The summed E-state index contributed by atoms with van der Waals surface area (Å²) < 4.78 is 1.60. The second kappa shape index (κ2) is 3.34. The molecule has 1 heterocycles. The molecule has 0 saturated heterocycles. The van der Waals surface area contributed by atoms with E-state index < -0.39 is 5.60 Å². The maximum atomic E-state index is 11.8. The molecule has 88 valence electrons. The van der Waals surface area contributed by atoms with Crippen LogP contribution in [-0.2, 0) is 5.60 Å². The largest absolute Gasteiger partial charge is 0.385 e. The zero-order valence-electron chi connectivity index (χ0n) is 9.60. The van der Waals surface area contributed by atoms with Crippen molar-refractivity contribution < 1.29 is 5.11 Å². The standard InChI is InChI=1S/C13H14N2O2/c1-9-8-14-12(16)15(9)11-5-3-2-4-10(11)13(17)6-7-13/h2-5,8,17H,6-7H2,1H3,(H,14,16). The molecule has 0 amide bonds. The van der Waals surface area contributed by atoms with Crippen LogP contribution in [0.4, 0.5) is 0 Å². The summed E-state index contributed by atoms with van der Waals surface area (Å²) in [5.41, 5.74) is 1.55. The van der Waals surface area contributed by atoms with Crippen LogP contribution in [0.15, 0.2) is 35.3 Å².